The first-order valence-electron chi connectivity index (χ1n) is 6.17. The molecule has 1 N–H and O–H groups in total. The summed E-state index contributed by atoms with van der Waals surface area (Å²) in [7, 11) is 0. The van der Waals surface area contributed by atoms with Crippen molar-refractivity contribution in [2.45, 2.75) is 32.4 Å². The maximum absolute atomic E-state index is 5.92. The number of ether oxygens (including phenoxy) is 1. The van der Waals surface area contributed by atoms with Gasteiger partial charge in [-0.05, 0) is 31.7 Å². The van der Waals surface area contributed by atoms with Gasteiger partial charge in [-0.25, -0.2) is 0 Å². The molecule has 0 saturated heterocycles. The largest absolute Gasteiger partial charge is 0.488 e. The lowest BCUT2D eigenvalue weighted by atomic mass is 10.1. The van der Waals surface area contributed by atoms with Crippen LogP contribution in [-0.2, 0) is 6.42 Å². The predicted molar refractivity (Wildman–Crippen MR) is 75.1 cm³/mol. The fourth-order valence-corrected chi connectivity index (χ4v) is 2.82. The van der Waals surface area contributed by atoms with Crippen LogP contribution in [0.2, 0.25) is 0 Å². The van der Waals surface area contributed by atoms with Crippen molar-refractivity contribution in [1.29, 1.82) is 0 Å². The van der Waals surface area contributed by atoms with Gasteiger partial charge in [-0.1, -0.05) is 17.7 Å². The molecule has 1 aromatic carbocycles. The first-order valence-corrected chi connectivity index (χ1v) is 7.57. The fourth-order valence-electron chi connectivity index (χ4n) is 2.20. The lowest BCUT2D eigenvalue weighted by Crippen LogP contribution is -2.37. The quantitative estimate of drug-likeness (QED) is 0.869. The lowest BCUT2D eigenvalue weighted by molar-refractivity contribution is 0.224. The second-order valence-corrected chi connectivity index (χ2v) is 5.73. The SMILES string of the molecule is CSCC(C)NCC1Cc2cc(C)ccc2O1. The highest BCUT2D eigenvalue weighted by Gasteiger charge is 2.22. The van der Waals surface area contributed by atoms with E-state index in [1.165, 1.54) is 11.1 Å². The molecule has 0 spiro atoms. The highest BCUT2D eigenvalue weighted by Crippen LogP contribution is 2.29. The van der Waals surface area contributed by atoms with Crippen molar-refractivity contribution in [3.05, 3.63) is 29.3 Å². The van der Waals surface area contributed by atoms with Gasteiger partial charge in [0, 0.05) is 24.8 Å². The molecule has 2 atom stereocenters. The minimum Gasteiger partial charge on any atom is -0.488 e. The molecule has 0 aromatic heterocycles. The van der Waals surface area contributed by atoms with E-state index in [-0.39, 0.29) is 0 Å². The molecular formula is C14H21NOS. The molecule has 0 fully saturated rings. The average Bonchev–Trinajstić information content (AvgIpc) is 2.68. The molecule has 1 aromatic rings. The van der Waals surface area contributed by atoms with Gasteiger partial charge in [0.1, 0.15) is 11.9 Å². The van der Waals surface area contributed by atoms with E-state index >= 15 is 0 Å². The van der Waals surface area contributed by atoms with Crippen molar-refractivity contribution in [3.8, 4) is 5.75 Å². The monoisotopic (exact) mass is 251 g/mol. The Hall–Kier alpha value is -0.670. The third kappa shape index (κ3) is 3.39. The maximum atomic E-state index is 5.92. The van der Waals surface area contributed by atoms with Gasteiger partial charge in [0.25, 0.3) is 0 Å². The minimum atomic E-state index is 0.302. The molecule has 0 bridgehead atoms. The molecule has 2 nitrogen and oxygen atoms in total. The van der Waals surface area contributed by atoms with Crippen LogP contribution in [0.5, 0.6) is 5.75 Å². The highest BCUT2D eigenvalue weighted by atomic mass is 32.2. The number of nitrogens with one attached hydrogen (secondary N) is 1. The molecule has 0 saturated carbocycles. The van der Waals surface area contributed by atoms with Crippen LogP contribution >= 0.6 is 11.8 Å². The van der Waals surface area contributed by atoms with Crippen molar-refractivity contribution in [1.82, 2.24) is 5.32 Å². The predicted octanol–water partition coefficient (Wildman–Crippen LogP) is 2.64. The van der Waals surface area contributed by atoms with Crippen LogP contribution in [0.1, 0.15) is 18.1 Å². The number of hydrogen-bond donors (Lipinski definition) is 1. The van der Waals surface area contributed by atoms with Gasteiger partial charge >= 0.3 is 0 Å². The Bertz CT molecular complexity index is 380. The standard InChI is InChI=1S/C14H21NOS/c1-10-4-5-14-12(6-10)7-13(16-14)8-15-11(2)9-17-3/h4-6,11,13,15H,7-9H2,1-3H3. The Morgan fingerprint density at radius 3 is 3.12 bits per heavy atom. The summed E-state index contributed by atoms with van der Waals surface area (Å²) >= 11 is 1.88. The van der Waals surface area contributed by atoms with Crippen LogP contribution in [0.3, 0.4) is 0 Å². The zero-order valence-corrected chi connectivity index (χ0v) is 11.6. The number of thioether (sulfide) groups is 1. The number of fused-ring (bicyclic) bond motifs is 1. The molecular weight excluding hydrogens is 230 g/mol. The molecule has 2 rings (SSSR count). The molecule has 2 unspecified atom stereocenters. The molecule has 0 aliphatic carbocycles. The van der Waals surface area contributed by atoms with Crippen LogP contribution in [0.15, 0.2) is 18.2 Å². The van der Waals surface area contributed by atoms with E-state index in [2.05, 4.69) is 43.6 Å². The number of benzene rings is 1. The van der Waals surface area contributed by atoms with Crippen molar-refractivity contribution < 1.29 is 4.74 Å². The van der Waals surface area contributed by atoms with E-state index in [1.807, 2.05) is 11.8 Å². The van der Waals surface area contributed by atoms with E-state index in [9.17, 15) is 0 Å². The molecule has 1 heterocycles. The molecule has 0 radical (unpaired) electrons. The molecule has 1 aliphatic rings. The summed E-state index contributed by atoms with van der Waals surface area (Å²) in [5.74, 6) is 2.22. The smallest absolute Gasteiger partial charge is 0.123 e. The lowest BCUT2D eigenvalue weighted by Gasteiger charge is -2.16. The van der Waals surface area contributed by atoms with Gasteiger partial charge in [0.2, 0.25) is 0 Å². The van der Waals surface area contributed by atoms with Crippen molar-refractivity contribution in [3.63, 3.8) is 0 Å². The van der Waals surface area contributed by atoms with E-state index in [0.717, 1.165) is 24.5 Å². The Morgan fingerprint density at radius 1 is 1.53 bits per heavy atom. The van der Waals surface area contributed by atoms with Gasteiger partial charge in [-0.3, -0.25) is 0 Å². The third-order valence-electron chi connectivity index (χ3n) is 3.07. The minimum absolute atomic E-state index is 0.302. The molecule has 94 valence electrons. The number of hydrogen-bond acceptors (Lipinski definition) is 3. The van der Waals surface area contributed by atoms with Gasteiger partial charge in [0.05, 0.1) is 0 Å². The normalized spacial score (nSPS) is 19.8. The van der Waals surface area contributed by atoms with Gasteiger partial charge in [-0.2, -0.15) is 11.8 Å². The van der Waals surface area contributed by atoms with Crippen LogP contribution < -0.4 is 10.1 Å². The summed E-state index contributed by atoms with van der Waals surface area (Å²) in [6.07, 6.45) is 3.48. The van der Waals surface area contributed by atoms with E-state index in [0.29, 0.717) is 12.1 Å². The highest BCUT2D eigenvalue weighted by molar-refractivity contribution is 7.98. The topological polar surface area (TPSA) is 21.3 Å². The summed E-state index contributed by atoms with van der Waals surface area (Å²) in [6.45, 7) is 5.30. The number of aryl methyl sites for hydroxylation is 1. The van der Waals surface area contributed by atoms with Crippen molar-refractivity contribution in [2.75, 3.05) is 18.6 Å². The Labute approximate surface area is 108 Å². The maximum Gasteiger partial charge on any atom is 0.123 e. The fraction of sp³-hybridized carbons (Fsp3) is 0.571. The molecule has 0 amide bonds. The van der Waals surface area contributed by atoms with Crippen LogP contribution in [0.4, 0.5) is 0 Å². The zero-order chi connectivity index (χ0) is 12.3. The zero-order valence-electron chi connectivity index (χ0n) is 10.8. The Morgan fingerprint density at radius 2 is 2.35 bits per heavy atom. The second kappa shape index (κ2) is 5.78. The molecule has 1 aliphatic heterocycles. The van der Waals surface area contributed by atoms with Gasteiger partial charge in [-0.15, -0.1) is 0 Å². The summed E-state index contributed by atoms with van der Waals surface area (Å²) in [5.41, 5.74) is 2.67. The van der Waals surface area contributed by atoms with Crippen LogP contribution in [-0.4, -0.2) is 30.7 Å². The van der Waals surface area contributed by atoms with Crippen LogP contribution in [0, 0.1) is 6.92 Å². The summed E-state index contributed by atoms with van der Waals surface area (Å²) in [5, 5.41) is 3.53. The second-order valence-electron chi connectivity index (χ2n) is 4.82. The van der Waals surface area contributed by atoms with E-state index in [1.54, 1.807) is 0 Å². The van der Waals surface area contributed by atoms with Gasteiger partial charge < -0.3 is 10.1 Å². The molecule has 3 heteroatoms. The van der Waals surface area contributed by atoms with E-state index in [4.69, 9.17) is 4.74 Å². The third-order valence-corrected chi connectivity index (χ3v) is 3.90. The van der Waals surface area contributed by atoms with Crippen molar-refractivity contribution in [2.24, 2.45) is 0 Å². The summed E-state index contributed by atoms with van der Waals surface area (Å²) in [6, 6.07) is 7.00. The summed E-state index contributed by atoms with van der Waals surface area (Å²) < 4.78 is 5.92. The number of rotatable bonds is 5. The summed E-state index contributed by atoms with van der Waals surface area (Å²) in [4.78, 5) is 0. The first kappa shape index (κ1) is 12.8. The molecule has 17 heavy (non-hydrogen) atoms. The van der Waals surface area contributed by atoms with Gasteiger partial charge in [0.15, 0.2) is 0 Å². The average molecular weight is 251 g/mol. The van der Waals surface area contributed by atoms with E-state index < -0.39 is 0 Å². The van der Waals surface area contributed by atoms with Crippen molar-refractivity contribution >= 4 is 11.8 Å². The van der Waals surface area contributed by atoms with Crippen LogP contribution in [0.25, 0.3) is 0 Å². The Kier molecular flexibility index (Phi) is 4.35. The Balaban J connectivity index is 1.84. The first-order chi connectivity index (χ1) is 8.19.